The number of carbonyl (C=O) groups excluding carboxylic acids is 1. The third kappa shape index (κ3) is 2.49. The Balaban J connectivity index is 1.70. The first-order chi connectivity index (χ1) is 13.7. The highest BCUT2D eigenvalue weighted by molar-refractivity contribution is 7.21. The summed E-state index contributed by atoms with van der Waals surface area (Å²) >= 11 is 1.40. The second-order valence-corrected chi connectivity index (χ2v) is 7.60. The van der Waals surface area contributed by atoms with E-state index >= 15 is 0 Å². The Morgan fingerprint density at radius 2 is 2.25 bits per heavy atom. The fourth-order valence-corrected chi connectivity index (χ4v) is 4.63. The molecule has 0 radical (unpaired) electrons. The van der Waals surface area contributed by atoms with Crippen LogP contribution in [0.5, 0.6) is 0 Å². The Hall–Kier alpha value is -3.26. The summed E-state index contributed by atoms with van der Waals surface area (Å²) in [5.74, 6) is 1.22. The summed E-state index contributed by atoms with van der Waals surface area (Å²) in [6.07, 6.45) is 5.22. The number of fused-ring (bicyclic) bond motifs is 5. The topological polar surface area (TPSA) is 71.8 Å². The maximum Gasteiger partial charge on any atom is 0.263 e. The van der Waals surface area contributed by atoms with Gasteiger partial charge >= 0.3 is 0 Å². The third-order valence-electron chi connectivity index (χ3n) is 4.86. The predicted molar refractivity (Wildman–Crippen MR) is 110 cm³/mol. The summed E-state index contributed by atoms with van der Waals surface area (Å²) in [5.41, 5.74) is 1.56. The zero-order valence-corrected chi connectivity index (χ0v) is 15.6. The second kappa shape index (κ2) is 6.42. The number of hydrogen-bond donors (Lipinski definition) is 2. The molecule has 1 aliphatic heterocycles. The number of benzene rings is 1. The van der Waals surface area contributed by atoms with Crippen molar-refractivity contribution in [3.63, 3.8) is 0 Å². The molecule has 4 aromatic rings. The molecule has 8 heteroatoms. The molecule has 0 saturated heterocycles. The van der Waals surface area contributed by atoms with Gasteiger partial charge in [-0.25, -0.2) is 14.4 Å². The van der Waals surface area contributed by atoms with E-state index < -0.39 is 12.7 Å². The summed E-state index contributed by atoms with van der Waals surface area (Å²) in [6, 6.07) is 7.31. The number of halogens is 1. The predicted octanol–water partition coefficient (Wildman–Crippen LogP) is 3.77. The second-order valence-electron chi connectivity index (χ2n) is 6.55. The highest BCUT2D eigenvalue weighted by Gasteiger charge is 2.26. The van der Waals surface area contributed by atoms with Crippen molar-refractivity contribution < 1.29 is 9.18 Å². The Morgan fingerprint density at radius 1 is 1.36 bits per heavy atom. The zero-order valence-electron chi connectivity index (χ0n) is 14.8. The van der Waals surface area contributed by atoms with Gasteiger partial charge in [0.15, 0.2) is 0 Å². The number of pyridine rings is 1. The van der Waals surface area contributed by atoms with Gasteiger partial charge in [0, 0.05) is 34.4 Å². The summed E-state index contributed by atoms with van der Waals surface area (Å²) < 4.78 is 15.9. The van der Waals surface area contributed by atoms with Crippen molar-refractivity contribution in [2.24, 2.45) is 0 Å². The SMILES string of the molecule is C=Cc1nccn1-c1ccc2c(ccc3sc4c(c32)NC[C@@H](CF)NC4=O)n1. The lowest BCUT2D eigenvalue weighted by atomic mass is 10.1. The standard InChI is InChI=1S/C20H16FN5OS/c1-2-15-22-7-8-26(15)16-6-3-12-13(25-16)4-5-14-17(12)18-19(28-14)20(27)24-11(9-21)10-23-18/h2-8,11,23H,1,9-10H2,(H,24,27)/t11-/m1/s1. The first-order valence-electron chi connectivity index (χ1n) is 8.82. The molecule has 4 heterocycles. The van der Waals surface area contributed by atoms with E-state index in [2.05, 4.69) is 22.2 Å². The Bertz CT molecular complexity index is 1240. The number of hydrogen-bond acceptors (Lipinski definition) is 5. The molecule has 0 unspecified atom stereocenters. The molecule has 0 bridgehead atoms. The molecule has 6 nitrogen and oxygen atoms in total. The van der Waals surface area contributed by atoms with E-state index in [0.717, 1.165) is 32.5 Å². The van der Waals surface area contributed by atoms with Crippen molar-refractivity contribution in [2.75, 3.05) is 18.5 Å². The van der Waals surface area contributed by atoms with Crippen LogP contribution in [0.15, 0.2) is 43.2 Å². The lowest BCUT2D eigenvalue weighted by Gasteiger charge is -2.12. The minimum Gasteiger partial charge on any atom is -0.381 e. The van der Waals surface area contributed by atoms with Gasteiger partial charge < -0.3 is 10.6 Å². The molecule has 3 aromatic heterocycles. The molecule has 0 saturated carbocycles. The fourth-order valence-electron chi connectivity index (χ4n) is 3.53. The van der Waals surface area contributed by atoms with Crippen molar-refractivity contribution in [1.82, 2.24) is 19.9 Å². The minimum atomic E-state index is -0.603. The molecule has 1 aliphatic rings. The number of imidazole rings is 1. The molecule has 0 aliphatic carbocycles. The van der Waals surface area contributed by atoms with E-state index in [9.17, 15) is 9.18 Å². The number of amides is 1. The van der Waals surface area contributed by atoms with Gasteiger partial charge in [0.2, 0.25) is 0 Å². The summed E-state index contributed by atoms with van der Waals surface area (Å²) in [4.78, 5) is 22.1. The average molecular weight is 393 g/mol. The first-order valence-corrected chi connectivity index (χ1v) is 9.64. The number of carbonyl (C=O) groups is 1. The van der Waals surface area contributed by atoms with E-state index in [0.29, 0.717) is 17.2 Å². The lowest BCUT2D eigenvalue weighted by molar-refractivity contribution is 0.0940. The molecule has 0 fully saturated rings. The highest BCUT2D eigenvalue weighted by atomic mass is 32.1. The maximum absolute atomic E-state index is 13.1. The number of nitrogens with one attached hydrogen (secondary N) is 2. The van der Waals surface area contributed by atoms with Crippen molar-refractivity contribution in [3.8, 4) is 5.82 Å². The zero-order chi connectivity index (χ0) is 19.3. The van der Waals surface area contributed by atoms with Gasteiger partial charge in [0.25, 0.3) is 5.91 Å². The van der Waals surface area contributed by atoms with Crippen LogP contribution in [-0.4, -0.2) is 39.7 Å². The largest absolute Gasteiger partial charge is 0.381 e. The number of rotatable bonds is 3. The van der Waals surface area contributed by atoms with E-state index in [-0.39, 0.29) is 5.91 Å². The molecule has 28 heavy (non-hydrogen) atoms. The Morgan fingerprint density at radius 3 is 3.07 bits per heavy atom. The first kappa shape index (κ1) is 16.9. The van der Waals surface area contributed by atoms with Crippen LogP contribution >= 0.6 is 11.3 Å². The molecular formula is C20H16FN5OS. The lowest BCUT2D eigenvalue weighted by Crippen LogP contribution is -2.38. The van der Waals surface area contributed by atoms with Crippen LogP contribution in [0.3, 0.4) is 0 Å². The van der Waals surface area contributed by atoms with Crippen molar-refractivity contribution in [3.05, 3.63) is 53.9 Å². The summed E-state index contributed by atoms with van der Waals surface area (Å²) in [5, 5.41) is 7.88. The molecule has 2 N–H and O–H groups in total. The number of nitrogens with zero attached hydrogens (tertiary/aromatic N) is 3. The maximum atomic E-state index is 13.1. The monoisotopic (exact) mass is 393 g/mol. The van der Waals surface area contributed by atoms with Gasteiger partial charge in [-0.3, -0.25) is 9.36 Å². The average Bonchev–Trinajstić information content (AvgIpc) is 3.31. The van der Waals surface area contributed by atoms with Crippen molar-refractivity contribution in [2.45, 2.75) is 6.04 Å². The van der Waals surface area contributed by atoms with Gasteiger partial charge in [-0.2, -0.15) is 0 Å². The van der Waals surface area contributed by atoms with Gasteiger partial charge in [0.1, 0.15) is 23.2 Å². The molecule has 0 spiro atoms. The van der Waals surface area contributed by atoms with Crippen LogP contribution < -0.4 is 10.6 Å². The van der Waals surface area contributed by atoms with Gasteiger partial charge in [-0.1, -0.05) is 6.58 Å². The van der Waals surface area contributed by atoms with Gasteiger partial charge in [0.05, 0.1) is 17.2 Å². The number of alkyl halides is 1. The normalized spacial score (nSPS) is 16.5. The van der Waals surface area contributed by atoms with Crippen molar-refractivity contribution in [1.29, 1.82) is 0 Å². The van der Waals surface area contributed by atoms with Gasteiger partial charge in [-0.15, -0.1) is 11.3 Å². The van der Waals surface area contributed by atoms with E-state index in [1.54, 1.807) is 12.3 Å². The van der Waals surface area contributed by atoms with Crippen molar-refractivity contribution >= 4 is 50.0 Å². The van der Waals surface area contributed by atoms with Crippen LogP contribution in [0.2, 0.25) is 0 Å². The Labute approximate surface area is 163 Å². The van der Waals surface area contributed by atoms with E-state index in [1.165, 1.54) is 11.3 Å². The molecule has 1 atom stereocenters. The number of anilines is 1. The van der Waals surface area contributed by atoms with Crippen LogP contribution in [0.25, 0.3) is 32.9 Å². The Kier molecular flexibility index (Phi) is 3.87. The van der Waals surface area contributed by atoms with Crippen LogP contribution in [0.1, 0.15) is 15.5 Å². The highest BCUT2D eigenvalue weighted by Crippen LogP contribution is 2.41. The molecule has 5 rings (SSSR count). The minimum absolute atomic E-state index is 0.240. The molecule has 140 valence electrons. The van der Waals surface area contributed by atoms with E-state index in [4.69, 9.17) is 4.98 Å². The van der Waals surface area contributed by atoms with E-state index in [1.807, 2.05) is 35.0 Å². The molecule has 1 amide bonds. The molecular weight excluding hydrogens is 377 g/mol. The van der Waals surface area contributed by atoms with Crippen LogP contribution in [0.4, 0.5) is 10.1 Å². The third-order valence-corrected chi connectivity index (χ3v) is 6.01. The smallest absolute Gasteiger partial charge is 0.263 e. The quantitative estimate of drug-likeness (QED) is 0.556. The fraction of sp³-hybridized carbons (Fsp3) is 0.150. The summed E-state index contributed by atoms with van der Waals surface area (Å²) in [7, 11) is 0. The van der Waals surface area contributed by atoms with Gasteiger partial charge in [-0.05, 0) is 30.3 Å². The summed E-state index contributed by atoms with van der Waals surface area (Å²) in [6.45, 7) is 3.52. The van der Waals surface area contributed by atoms with Crippen LogP contribution in [0, 0.1) is 0 Å². The number of thiophene rings is 1. The van der Waals surface area contributed by atoms with Crippen LogP contribution in [-0.2, 0) is 0 Å². The molecule has 1 aromatic carbocycles. The number of aromatic nitrogens is 3.